The number of pyridine rings is 1. The average molecular weight is 441 g/mol. The molecule has 0 saturated carbocycles. The van der Waals surface area contributed by atoms with Gasteiger partial charge < -0.3 is 4.74 Å². The summed E-state index contributed by atoms with van der Waals surface area (Å²) in [5.74, 6) is 0.282. The third-order valence-electron chi connectivity index (χ3n) is 4.28. The zero-order chi connectivity index (χ0) is 22.2. The molecule has 0 saturated heterocycles. The van der Waals surface area contributed by atoms with Crippen molar-refractivity contribution in [3.63, 3.8) is 0 Å². The van der Waals surface area contributed by atoms with E-state index in [1.54, 1.807) is 12.1 Å². The first-order valence-corrected chi connectivity index (χ1v) is 10.1. The number of nitrogens with one attached hydrogen (secondary N) is 1. The van der Waals surface area contributed by atoms with Gasteiger partial charge in [0.05, 0.1) is 19.0 Å². The molecule has 0 spiro atoms. The molecule has 0 aliphatic heterocycles. The summed E-state index contributed by atoms with van der Waals surface area (Å²) in [6, 6.07) is 6.91. The van der Waals surface area contributed by atoms with Gasteiger partial charge in [-0.05, 0) is 36.3 Å². The number of rotatable bonds is 5. The molecule has 0 amide bonds. The van der Waals surface area contributed by atoms with Crippen LogP contribution in [-0.2, 0) is 10.0 Å². The number of anilines is 1. The van der Waals surface area contributed by atoms with Crippen LogP contribution in [-0.4, -0.2) is 35.1 Å². The lowest BCUT2D eigenvalue weighted by Gasteiger charge is -2.13. The molecule has 0 aliphatic carbocycles. The number of hydrogen-bond donors (Lipinski definition) is 1. The van der Waals surface area contributed by atoms with Crippen molar-refractivity contribution in [1.29, 1.82) is 0 Å². The van der Waals surface area contributed by atoms with Crippen LogP contribution in [0.25, 0.3) is 16.9 Å². The Balaban J connectivity index is 1.77. The number of terminal acetylenes is 1. The highest BCUT2D eigenvalue weighted by Gasteiger charge is 2.22. The molecule has 0 radical (unpaired) electrons. The van der Waals surface area contributed by atoms with Crippen molar-refractivity contribution in [2.24, 2.45) is 0 Å². The molecular weight excluding hydrogens is 428 g/mol. The van der Waals surface area contributed by atoms with E-state index in [0.29, 0.717) is 28.7 Å². The molecular formula is C20H13F2N5O3S. The maximum Gasteiger partial charge on any atom is 0.264 e. The Hall–Kier alpha value is -4.04. The van der Waals surface area contributed by atoms with Crippen LogP contribution in [0.15, 0.2) is 53.7 Å². The molecule has 0 unspecified atom stereocenters. The predicted octanol–water partition coefficient (Wildman–Crippen LogP) is 2.86. The van der Waals surface area contributed by atoms with Gasteiger partial charge >= 0.3 is 0 Å². The number of hydrogen-bond acceptors (Lipinski definition) is 6. The van der Waals surface area contributed by atoms with Gasteiger partial charge in [0.25, 0.3) is 10.0 Å². The molecule has 156 valence electrons. The fourth-order valence-electron chi connectivity index (χ4n) is 2.85. The Morgan fingerprint density at radius 2 is 1.94 bits per heavy atom. The van der Waals surface area contributed by atoms with Gasteiger partial charge in [-0.2, -0.15) is 5.10 Å². The van der Waals surface area contributed by atoms with Gasteiger partial charge in [0.2, 0.25) is 5.88 Å². The van der Waals surface area contributed by atoms with Gasteiger partial charge in [-0.1, -0.05) is 0 Å². The van der Waals surface area contributed by atoms with Crippen LogP contribution >= 0.6 is 0 Å². The molecule has 1 N–H and O–H groups in total. The number of nitrogens with zero attached hydrogens (tertiary/aromatic N) is 4. The lowest BCUT2D eigenvalue weighted by molar-refractivity contribution is 0.400. The molecule has 31 heavy (non-hydrogen) atoms. The van der Waals surface area contributed by atoms with E-state index in [4.69, 9.17) is 11.2 Å². The standard InChI is InChI=1S/C20H13F2N5O3S/c1-3-14-11-23-19-7-5-16(25-27(14)19)12-8-17(20(30-2)24-10-12)26-31(28,29)18-6-4-13(21)9-15(18)22/h1,4-11,26H,2H3. The van der Waals surface area contributed by atoms with E-state index in [2.05, 4.69) is 25.7 Å². The average Bonchev–Trinajstić information content (AvgIpc) is 3.15. The largest absolute Gasteiger partial charge is 0.480 e. The molecule has 4 aromatic rings. The molecule has 3 aromatic heterocycles. The topological polar surface area (TPSA) is 98.5 Å². The van der Waals surface area contributed by atoms with Crippen molar-refractivity contribution in [2.45, 2.75) is 4.90 Å². The number of aromatic nitrogens is 4. The monoisotopic (exact) mass is 441 g/mol. The van der Waals surface area contributed by atoms with Crippen molar-refractivity contribution in [1.82, 2.24) is 19.6 Å². The minimum atomic E-state index is -4.40. The first-order valence-electron chi connectivity index (χ1n) is 8.66. The molecule has 0 bridgehead atoms. The zero-order valence-electron chi connectivity index (χ0n) is 15.9. The molecule has 0 aliphatic rings. The van der Waals surface area contributed by atoms with E-state index in [0.717, 1.165) is 12.1 Å². The number of ether oxygens (including phenoxy) is 1. The van der Waals surface area contributed by atoms with Crippen molar-refractivity contribution in [2.75, 3.05) is 11.8 Å². The molecule has 11 heteroatoms. The van der Waals surface area contributed by atoms with Crippen LogP contribution in [0.3, 0.4) is 0 Å². The number of sulfonamides is 1. The Morgan fingerprint density at radius 1 is 1.13 bits per heavy atom. The van der Waals surface area contributed by atoms with Gasteiger partial charge in [-0.3, -0.25) is 4.72 Å². The highest BCUT2D eigenvalue weighted by Crippen LogP contribution is 2.30. The van der Waals surface area contributed by atoms with Gasteiger partial charge in [0.15, 0.2) is 5.65 Å². The number of fused-ring (bicyclic) bond motifs is 1. The van der Waals surface area contributed by atoms with Crippen LogP contribution in [0.5, 0.6) is 5.88 Å². The van der Waals surface area contributed by atoms with E-state index in [1.165, 1.54) is 30.1 Å². The van der Waals surface area contributed by atoms with Crippen LogP contribution in [0, 0.1) is 24.0 Å². The normalized spacial score (nSPS) is 11.3. The van der Waals surface area contributed by atoms with Crippen LogP contribution < -0.4 is 9.46 Å². The highest BCUT2D eigenvalue weighted by atomic mass is 32.2. The lowest BCUT2D eigenvalue weighted by Crippen LogP contribution is -2.16. The third kappa shape index (κ3) is 3.76. The molecule has 0 atom stereocenters. The fourth-order valence-corrected chi connectivity index (χ4v) is 3.96. The van der Waals surface area contributed by atoms with Crippen molar-refractivity contribution >= 4 is 21.4 Å². The maximum absolute atomic E-state index is 14.0. The Morgan fingerprint density at radius 3 is 2.65 bits per heavy atom. The highest BCUT2D eigenvalue weighted by molar-refractivity contribution is 7.92. The molecule has 3 heterocycles. The van der Waals surface area contributed by atoms with Crippen molar-refractivity contribution in [3.05, 3.63) is 66.1 Å². The van der Waals surface area contributed by atoms with E-state index in [1.807, 2.05) is 0 Å². The van der Waals surface area contributed by atoms with Gasteiger partial charge in [0.1, 0.15) is 27.9 Å². The molecule has 4 rings (SSSR count). The fraction of sp³-hybridized carbons (Fsp3) is 0.0500. The summed E-state index contributed by atoms with van der Waals surface area (Å²) < 4.78 is 61.3. The van der Waals surface area contributed by atoms with Gasteiger partial charge in [0, 0.05) is 17.8 Å². The smallest absolute Gasteiger partial charge is 0.264 e. The summed E-state index contributed by atoms with van der Waals surface area (Å²) in [6.45, 7) is 0. The summed E-state index contributed by atoms with van der Waals surface area (Å²) in [5.41, 5.74) is 1.76. The second-order valence-electron chi connectivity index (χ2n) is 6.24. The Kier molecular flexibility index (Phi) is 5.00. The molecule has 1 aromatic carbocycles. The van der Waals surface area contributed by atoms with Gasteiger partial charge in [-0.25, -0.2) is 31.7 Å². The summed E-state index contributed by atoms with van der Waals surface area (Å²) in [7, 11) is -3.10. The number of benzene rings is 1. The van der Waals surface area contributed by atoms with E-state index < -0.39 is 26.6 Å². The zero-order valence-corrected chi connectivity index (χ0v) is 16.7. The van der Waals surface area contributed by atoms with Crippen LogP contribution in [0.2, 0.25) is 0 Å². The number of imidazole rings is 1. The third-order valence-corrected chi connectivity index (χ3v) is 5.68. The summed E-state index contributed by atoms with van der Waals surface area (Å²) in [5, 5.41) is 4.40. The maximum atomic E-state index is 14.0. The summed E-state index contributed by atoms with van der Waals surface area (Å²) in [4.78, 5) is 7.50. The number of methoxy groups -OCH3 is 1. The molecule has 0 fully saturated rings. The first kappa shape index (κ1) is 20.2. The van der Waals surface area contributed by atoms with E-state index >= 15 is 0 Å². The summed E-state index contributed by atoms with van der Waals surface area (Å²) in [6.07, 6.45) is 8.37. The Bertz CT molecular complexity index is 1460. The van der Waals surface area contributed by atoms with Gasteiger partial charge in [-0.15, -0.1) is 6.42 Å². The quantitative estimate of drug-likeness (QED) is 0.478. The second-order valence-corrected chi connectivity index (χ2v) is 7.89. The van der Waals surface area contributed by atoms with Crippen molar-refractivity contribution in [3.8, 4) is 29.5 Å². The minimum absolute atomic E-state index is 0.0529. The van der Waals surface area contributed by atoms with E-state index in [-0.39, 0.29) is 11.6 Å². The van der Waals surface area contributed by atoms with Crippen molar-refractivity contribution < 1.29 is 21.9 Å². The van der Waals surface area contributed by atoms with Crippen LogP contribution in [0.1, 0.15) is 5.69 Å². The van der Waals surface area contributed by atoms with E-state index in [9.17, 15) is 17.2 Å². The summed E-state index contributed by atoms with van der Waals surface area (Å²) >= 11 is 0. The first-order chi connectivity index (χ1) is 14.8. The molecule has 8 nitrogen and oxygen atoms in total. The number of halogens is 2. The SMILES string of the molecule is C#Cc1cnc2ccc(-c3cnc(OC)c(NS(=O)(=O)c4ccc(F)cc4F)c3)nn12. The Labute approximate surface area is 175 Å². The minimum Gasteiger partial charge on any atom is -0.480 e. The van der Waals surface area contributed by atoms with Crippen LogP contribution in [0.4, 0.5) is 14.5 Å². The predicted molar refractivity (Wildman–Crippen MR) is 108 cm³/mol. The lowest BCUT2D eigenvalue weighted by atomic mass is 10.2. The second kappa shape index (κ2) is 7.66.